The summed E-state index contributed by atoms with van der Waals surface area (Å²) < 4.78 is 1.88. The largest absolute Gasteiger partial charge is 0.341 e. The van der Waals surface area contributed by atoms with Crippen LogP contribution in [0.3, 0.4) is 0 Å². The molecule has 0 spiro atoms. The van der Waals surface area contributed by atoms with Crippen LogP contribution in [0.25, 0.3) is 0 Å². The molecule has 0 saturated carbocycles. The van der Waals surface area contributed by atoms with Gasteiger partial charge in [-0.25, -0.2) is 4.98 Å². The Morgan fingerprint density at radius 1 is 1.18 bits per heavy atom. The van der Waals surface area contributed by atoms with Gasteiger partial charge >= 0.3 is 0 Å². The Hall–Kier alpha value is -2.48. The fourth-order valence-electron chi connectivity index (χ4n) is 3.90. The highest BCUT2D eigenvalue weighted by atomic mass is 16.2. The first-order chi connectivity index (χ1) is 13.3. The first-order valence-electron chi connectivity index (χ1n) is 9.89. The predicted molar refractivity (Wildman–Crippen MR) is 107 cm³/mol. The zero-order valence-electron chi connectivity index (χ0n) is 17.3. The number of nitrogens with one attached hydrogen (secondary N) is 1. The molecule has 0 unspecified atom stereocenters. The maximum absolute atomic E-state index is 12.7. The van der Waals surface area contributed by atoms with Crippen LogP contribution in [-0.4, -0.2) is 61.6 Å². The topological polar surface area (TPSA) is 87.1 Å². The van der Waals surface area contributed by atoms with Gasteiger partial charge in [0.1, 0.15) is 5.82 Å². The van der Waals surface area contributed by atoms with E-state index in [-0.39, 0.29) is 11.5 Å². The Morgan fingerprint density at radius 3 is 2.64 bits per heavy atom. The Morgan fingerprint density at radius 2 is 1.96 bits per heavy atom. The molecule has 8 nitrogen and oxygen atoms in total. The molecule has 0 atom stereocenters. The number of H-pyrrole nitrogens is 1. The molecule has 2 aromatic heterocycles. The van der Waals surface area contributed by atoms with Gasteiger partial charge in [-0.2, -0.15) is 5.10 Å². The smallest absolute Gasteiger partial charge is 0.251 e. The summed E-state index contributed by atoms with van der Waals surface area (Å²) in [5.41, 5.74) is 3.99. The van der Waals surface area contributed by atoms with Crippen molar-refractivity contribution in [1.29, 1.82) is 0 Å². The fraction of sp³-hybridized carbons (Fsp3) is 0.600. The predicted octanol–water partition coefficient (Wildman–Crippen LogP) is 1.10. The van der Waals surface area contributed by atoms with E-state index < -0.39 is 0 Å². The summed E-state index contributed by atoms with van der Waals surface area (Å²) in [6.45, 7) is 9.67. The molecule has 28 heavy (non-hydrogen) atoms. The molecule has 0 radical (unpaired) electrons. The number of aryl methyl sites for hydroxylation is 3. The minimum atomic E-state index is -0.116. The number of carbonyl (C=O) groups excluding carboxylic acids is 1. The van der Waals surface area contributed by atoms with Gasteiger partial charge < -0.3 is 9.88 Å². The van der Waals surface area contributed by atoms with Crippen LogP contribution in [-0.2, 0) is 24.8 Å². The van der Waals surface area contributed by atoms with E-state index in [0.29, 0.717) is 25.3 Å². The normalized spacial score (nSPS) is 15.6. The molecule has 3 rings (SSSR count). The van der Waals surface area contributed by atoms with Crippen molar-refractivity contribution in [3.63, 3.8) is 0 Å². The lowest BCUT2D eigenvalue weighted by molar-refractivity contribution is -0.131. The monoisotopic (exact) mass is 386 g/mol. The van der Waals surface area contributed by atoms with Crippen LogP contribution in [0.2, 0.25) is 0 Å². The van der Waals surface area contributed by atoms with E-state index in [1.807, 2.05) is 30.5 Å². The SMILES string of the molecule is Cc1nc(CN2CCCN(C(=O)CCc3c(C)nn(C)c3C)CC2)cc(=O)[nH]1. The van der Waals surface area contributed by atoms with Crippen molar-refractivity contribution in [3.05, 3.63) is 44.9 Å². The molecule has 3 heterocycles. The van der Waals surface area contributed by atoms with E-state index in [4.69, 9.17) is 0 Å². The molecule has 0 bridgehead atoms. The average Bonchev–Trinajstić information content (AvgIpc) is 2.78. The molecule has 1 aliphatic heterocycles. The summed E-state index contributed by atoms with van der Waals surface area (Å²) >= 11 is 0. The summed E-state index contributed by atoms with van der Waals surface area (Å²) in [6.07, 6.45) is 2.18. The second-order valence-electron chi connectivity index (χ2n) is 7.61. The van der Waals surface area contributed by atoms with Gasteiger partial charge in [-0.3, -0.25) is 19.2 Å². The van der Waals surface area contributed by atoms with E-state index in [9.17, 15) is 9.59 Å². The molecule has 1 fully saturated rings. The highest BCUT2D eigenvalue weighted by Crippen LogP contribution is 2.15. The Labute approximate surface area is 165 Å². The van der Waals surface area contributed by atoms with Crippen molar-refractivity contribution in [2.45, 2.75) is 46.6 Å². The van der Waals surface area contributed by atoms with Gasteiger partial charge in [0.25, 0.3) is 5.56 Å². The minimum absolute atomic E-state index is 0.116. The second-order valence-corrected chi connectivity index (χ2v) is 7.61. The van der Waals surface area contributed by atoms with Crippen molar-refractivity contribution in [1.82, 2.24) is 29.5 Å². The molecule has 0 aliphatic carbocycles. The fourth-order valence-corrected chi connectivity index (χ4v) is 3.90. The van der Waals surface area contributed by atoms with Gasteiger partial charge in [0.15, 0.2) is 0 Å². The number of hydrogen-bond acceptors (Lipinski definition) is 5. The standard InChI is InChI=1S/C20H30N6O2/c1-14-18(15(2)24(4)23-14)6-7-20(28)26-9-5-8-25(10-11-26)13-17-12-19(27)22-16(3)21-17/h12H,5-11,13H2,1-4H3,(H,21,22,27). The van der Waals surface area contributed by atoms with E-state index >= 15 is 0 Å². The number of carbonyl (C=O) groups is 1. The molecule has 0 aromatic carbocycles. The van der Waals surface area contributed by atoms with Crippen molar-refractivity contribution in [3.8, 4) is 0 Å². The number of amides is 1. The first kappa shape index (κ1) is 20.3. The third-order valence-electron chi connectivity index (χ3n) is 5.49. The summed E-state index contributed by atoms with van der Waals surface area (Å²) in [5, 5.41) is 4.43. The molecule has 1 aliphatic rings. The van der Waals surface area contributed by atoms with Crippen molar-refractivity contribution in [2.24, 2.45) is 7.05 Å². The van der Waals surface area contributed by atoms with Gasteiger partial charge in [0, 0.05) is 58.0 Å². The van der Waals surface area contributed by atoms with Crippen LogP contribution in [0.1, 0.15) is 41.3 Å². The van der Waals surface area contributed by atoms with E-state index in [2.05, 4.69) is 20.0 Å². The maximum atomic E-state index is 12.7. The number of nitrogens with zero attached hydrogens (tertiary/aromatic N) is 5. The second kappa shape index (κ2) is 8.68. The first-order valence-corrected chi connectivity index (χ1v) is 9.89. The summed E-state index contributed by atoms with van der Waals surface area (Å²) in [6, 6.07) is 1.55. The summed E-state index contributed by atoms with van der Waals surface area (Å²) in [4.78, 5) is 35.7. The minimum Gasteiger partial charge on any atom is -0.341 e. The summed E-state index contributed by atoms with van der Waals surface area (Å²) in [5.74, 6) is 0.838. The van der Waals surface area contributed by atoms with Crippen molar-refractivity contribution in [2.75, 3.05) is 26.2 Å². The zero-order valence-corrected chi connectivity index (χ0v) is 17.3. The number of hydrogen-bond donors (Lipinski definition) is 1. The molecule has 1 amide bonds. The highest BCUT2D eigenvalue weighted by molar-refractivity contribution is 5.76. The summed E-state index contributed by atoms with van der Waals surface area (Å²) in [7, 11) is 1.94. The molecular formula is C20H30N6O2. The maximum Gasteiger partial charge on any atom is 0.251 e. The highest BCUT2D eigenvalue weighted by Gasteiger charge is 2.20. The average molecular weight is 387 g/mol. The number of aromatic nitrogens is 4. The van der Waals surface area contributed by atoms with E-state index in [1.54, 1.807) is 13.0 Å². The van der Waals surface area contributed by atoms with E-state index in [0.717, 1.165) is 49.6 Å². The molecule has 152 valence electrons. The number of aromatic amines is 1. The number of rotatable bonds is 5. The molecular weight excluding hydrogens is 356 g/mol. The van der Waals surface area contributed by atoms with Gasteiger partial charge in [0.05, 0.1) is 11.4 Å². The van der Waals surface area contributed by atoms with Crippen LogP contribution in [0.4, 0.5) is 0 Å². The Balaban J connectivity index is 1.54. The lowest BCUT2D eigenvalue weighted by atomic mass is 10.1. The van der Waals surface area contributed by atoms with Crippen LogP contribution in [0.5, 0.6) is 0 Å². The molecule has 8 heteroatoms. The van der Waals surface area contributed by atoms with Crippen molar-refractivity contribution < 1.29 is 4.79 Å². The molecule has 1 saturated heterocycles. The third-order valence-corrected chi connectivity index (χ3v) is 5.49. The lowest BCUT2D eigenvalue weighted by Crippen LogP contribution is -2.35. The van der Waals surface area contributed by atoms with Gasteiger partial charge in [-0.1, -0.05) is 0 Å². The van der Waals surface area contributed by atoms with Crippen LogP contribution in [0, 0.1) is 20.8 Å². The van der Waals surface area contributed by atoms with Crippen LogP contribution in [0.15, 0.2) is 10.9 Å². The van der Waals surface area contributed by atoms with Gasteiger partial charge in [0.2, 0.25) is 5.91 Å². The van der Waals surface area contributed by atoms with Crippen LogP contribution >= 0.6 is 0 Å². The van der Waals surface area contributed by atoms with Gasteiger partial charge in [-0.15, -0.1) is 0 Å². The van der Waals surface area contributed by atoms with Crippen LogP contribution < -0.4 is 5.56 Å². The lowest BCUT2D eigenvalue weighted by Gasteiger charge is -2.22. The Kier molecular flexibility index (Phi) is 6.28. The van der Waals surface area contributed by atoms with Crippen molar-refractivity contribution >= 4 is 5.91 Å². The Bertz CT molecular complexity index is 901. The molecule has 2 aromatic rings. The molecule has 1 N–H and O–H groups in total. The quantitative estimate of drug-likeness (QED) is 0.831. The third kappa shape index (κ3) is 4.86. The van der Waals surface area contributed by atoms with E-state index in [1.165, 1.54) is 5.56 Å². The van der Waals surface area contributed by atoms with Gasteiger partial charge in [-0.05, 0) is 39.2 Å². The zero-order chi connectivity index (χ0) is 20.3.